The molecule has 0 aromatic carbocycles. The smallest absolute Gasteiger partial charge is 2.00 e. The maximum absolute atomic E-state index is 0. The van der Waals surface area contributed by atoms with Crippen molar-refractivity contribution in [1.29, 1.82) is 0 Å². The molecule has 0 aromatic heterocycles. The molecule has 0 atom stereocenters. The molecule has 6 heavy (non-hydrogen) atoms. The standard InChI is InChI=1S/Li.Mn.3O.P/q+1;+2;3*-2;+3. The van der Waals surface area contributed by atoms with E-state index in [1.54, 1.807) is 0 Å². The minimum atomic E-state index is 0. The van der Waals surface area contributed by atoms with E-state index in [-0.39, 0.29) is 62.3 Å². The van der Waals surface area contributed by atoms with Crippen LogP contribution in [0.2, 0.25) is 0 Å². The third-order valence-corrected chi connectivity index (χ3v) is 0. The van der Waals surface area contributed by atoms with Gasteiger partial charge in [0.2, 0.25) is 0 Å². The molecule has 31 valence electrons. The first-order valence-electron chi connectivity index (χ1n) is 0. The predicted octanol–water partition coefficient (Wildman–Crippen LogP) is -2.49. The van der Waals surface area contributed by atoms with Gasteiger partial charge >= 0.3 is 45.8 Å². The largest absolute Gasteiger partial charge is 3.00 e. The van der Waals surface area contributed by atoms with Crippen molar-refractivity contribution in [3.8, 4) is 0 Å². The molecule has 0 saturated heterocycles. The van der Waals surface area contributed by atoms with Crippen molar-refractivity contribution in [3.63, 3.8) is 0 Å². The molecule has 0 amide bonds. The van der Waals surface area contributed by atoms with E-state index < -0.39 is 0 Å². The molecule has 0 N–H and O–H groups in total. The second-order valence-electron chi connectivity index (χ2n) is 0. The molecular weight excluding hydrogens is 141 g/mol. The second-order valence-corrected chi connectivity index (χ2v) is 0. The second kappa shape index (κ2) is 93.0. The summed E-state index contributed by atoms with van der Waals surface area (Å²) in [6.07, 6.45) is 0. The molecule has 0 fully saturated rings. The first-order chi connectivity index (χ1) is 0. The van der Waals surface area contributed by atoms with Crippen molar-refractivity contribution in [2.75, 3.05) is 0 Å². The van der Waals surface area contributed by atoms with Gasteiger partial charge in [0.05, 0.1) is 0 Å². The van der Waals surface area contributed by atoms with Gasteiger partial charge in [-0.2, -0.15) is 0 Å². The maximum atomic E-state index is 0. The zero-order valence-electron chi connectivity index (χ0n) is 3.05. The van der Waals surface area contributed by atoms with Crippen molar-refractivity contribution < 1.29 is 52.4 Å². The van der Waals surface area contributed by atoms with Gasteiger partial charge in [-0.15, -0.1) is 0 Å². The van der Waals surface area contributed by atoms with Crippen LogP contribution in [0, 0.1) is 0 Å². The van der Waals surface area contributed by atoms with E-state index in [1.807, 2.05) is 0 Å². The summed E-state index contributed by atoms with van der Waals surface area (Å²) in [5.41, 5.74) is 0. The van der Waals surface area contributed by atoms with Gasteiger partial charge in [-0.25, -0.2) is 0 Å². The van der Waals surface area contributed by atoms with Crippen LogP contribution in [-0.2, 0) is 33.5 Å². The Morgan fingerprint density at radius 3 is 0.667 bits per heavy atom. The summed E-state index contributed by atoms with van der Waals surface area (Å²) in [5.74, 6) is 0. The molecule has 0 unspecified atom stereocenters. The molecule has 0 aliphatic carbocycles. The van der Waals surface area contributed by atoms with Crippen molar-refractivity contribution in [2.45, 2.75) is 0 Å². The van der Waals surface area contributed by atoms with E-state index in [0.717, 1.165) is 0 Å². The summed E-state index contributed by atoms with van der Waals surface area (Å²) in [5, 5.41) is 0. The molecule has 0 saturated carbocycles. The van der Waals surface area contributed by atoms with Crippen molar-refractivity contribution in [3.05, 3.63) is 0 Å². The molecule has 0 rings (SSSR count). The van der Waals surface area contributed by atoms with E-state index in [1.165, 1.54) is 0 Å². The van der Waals surface area contributed by atoms with Crippen molar-refractivity contribution in [1.82, 2.24) is 0 Å². The summed E-state index contributed by atoms with van der Waals surface area (Å²) >= 11 is 0. The monoisotopic (exact) mass is 141 g/mol. The third-order valence-electron chi connectivity index (χ3n) is 0. The maximum Gasteiger partial charge on any atom is 3.00 e. The van der Waals surface area contributed by atoms with E-state index in [0.29, 0.717) is 0 Å². The van der Waals surface area contributed by atoms with E-state index >= 15 is 0 Å². The summed E-state index contributed by atoms with van der Waals surface area (Å²) in [6, 6.07) is 0. The molecule has 0 spiro atoms. The zero-order valence-corrected chi connectivity index (χ0v) is 5.12. The Kier molecular flexibility index (Phi) is 2330. The van der Waals surface area contributed by atoms with Crippen LogP contribution in [0.15, 0.2) is 0 Å². The molecule has 0 heterocycles. The molecule has 0 aliphatic heterocycles. The quantitative estimate of drug-likeness (QED) is 0.264. The summed E-state index contributed by atoms with van der Waals surface area (Å²) in [4.78, 5) is 0. The van der Waals surface area contributed by atoms with Crippen molar-refractivity contribution in [2.24, 2.45) is 0 Å². The van der Waals surface area contributed by atoms with Crippen LogP contribution >= 0.6 is 9.90 Å². The Hall–Kier alpha value is 1.43. The Morgan fingerprint density at radius 1 is 0.667 bits per heavy atom. The molecule has 0 bridgehead atoms. The van der Waals surface area contributed by atoms with Crippen LogP contribution in [0.3, 0.4) is 0 Å². The minimum absolute atomic E-state index is 0. The van der Waals surface area contributed by atoms with Gasteiger partial charge in [-0.1, -0.05) is 0 Å². The molecule has 0 aliphatic rings. The Balaban J connectivity index is 0. The van der Waals surface area contributed by atoms with Gasteiger partial charge in [-0.3, -0.25) is 0 Å². The first kappa shape index (κ1) is 151. The molecule has 0 aromatic rings. The summed E-state index contributed by atoms with van der Waals surface area (Å²) in [7, 11) is 0. The molecule has 3 nitrogen and oxygen atoms in total. The van der Waals surface area contributed by atoms with E-state index in [2.05, 4.69) is 0 Å². The normalized spacial score (nSPS) is 0. The topological polar surface area (TPSA) is 85.5 Å². The zero-order chi connectivity index (χ0) is 0. The predicted molar refractivity (Wildman–Crippen MR) is 8.98 cm³/mol. The summed E-state index contributed by atoms with van der Waals surface area (Å²) in [6.45, 7) is 0. The Labute approximate surface area is 62.5 Å². The fourth-order valence-corrected chi connectivity index (χ4v) is 0. The van der Waals surface area contributed by atoms with Crippen LogP contribution in [0.1, 0.15) is 0 Å². The van der Waals surface area contributed by atoms with Crippen LogP contribution in [0.25, 0.3) is 0 Å². The fourth-order valence-electron chi connectivity index (χ4n) is 0. The first-order valence-corrected chi connectivity index (χ1v) is 0. The minimum Gasteiger partial charge on any atom is -2.00 e. The van der Waals surface area contributed by atoms with Gasteiger partial charge in [0, 0.05) is 0 Å². The van der Waals surface area contributed by atoms with Crippen LogP contribution < -0.4 is 18.9 Å². The fraction of sp³-hybridized carbons (Fsp3) is 0. The Morgan fingerprint density at radius 2 is 0.667 bits per heavy atom. The molecule has 6 heteroatoms. The average molecular weight is 141 g/mol. The van der Waals surface area contributed by atoms with Gasteiger partial charge in [-0.05, 0) is 0 Å². The third kappa shape index (κ3) is 52.2. The summed E-state index contributed by atoms with van der Waals surface area (Å²) < 4.78 is 0. The SMILES string of the molecule is [Li+].[Mn+2].[O-2].[O-2].[O-2].[P+3]. The number of hydrogen-bond acceptors (Lipinski definition) is 0. The molecular formula is LiMnO3P. The Bertz CT molecular complexity index is 10.8. The van der Waals surface area contributed by atoms with Crippen molar-refractivity contribution >= 4 is 9.90 Å². The number of rotatable bonds is 0. The molecule has 3 radical (unpaired) electrons. The van der Waals surface area contributed by atoms with Gasteiger partial charge in [0.15, 0.2) is 0 Å². The average Bonchev–Trinajstić information content (AvgIpc) is 0. The number of hydrogen-bond donors (Lipinski definition) is 0. The van der Waals surface area contributed by atoms with Crippen LogP contribution in [0.4, 0.5) is 0 Å². The van der Waals surface area contributed by atoms with E-state index in [9.17, 15) is 0 Å². The van der Waals surface area contributed by atoms with Gasteiger partial charge in [0.1, 0.15) is 0 Å². The van der Waals surface area contributed by atoms with Gasteiger partial charge < -0.3 is 16.4 Å². The van der Waals surface area contributed by atoms with E-state index in [4.69, 9.17) is 0 Å². The van der Waals surface area contributed by atoms with Crippen LogP contribution in [0.5, 0.6) is 0 Å². The van der Waals surface area contributed by atoms with Crippen LogP contribution in [-0.4, -0.2) is 0 Å². The van der Waals surface area contributed by atoms with Gasteiger partial charge in [0.25, 0.3) is 0 Å².